The van der Waals surface area contributed by atoms with Crippen LogP contribution >= 0.6 is 50.7 Å². The van der Waals surface area contributed by atoms with E-state index in [1.165, 1.54) is 4.90 Å². The number of carbonyl (C=O) groups is 2. The molecule has 0 heterocycles. The zero-order valence-electron chi connectivity index (χ0n) is 16.7. The normalized spacial score (nSPS) is 11.9. The maximum Gasteiger partial charge on any atom is 0.261 e. The molecule has 2 rings (SSSR count). The largest absolute Gasteiger partial charge is 0.482 e. The van der Waals surface area contributed by atoms with E-state index in [2.05, 4.69) is 21.2 Å². The molecule has 2 amide bonds. The Bertz CT molecular complexity index is 904. The van der Waals surface area contributed by atoms with E-state index >= 15 is 0 Å². The number of hydrogen-bond acceptors (Lipinski definition) is 3. The second-order valence-electron chi connectivity index (χ2n) is 6.92. The van der Waals surface area contributed by atoms with Crippen molar-refractivity contribution in [1.29, 1.82) is 0 Å². The van der Waals surface area contributed by atoms with Gasteiger partial charge in [-0.1, -0.05) is 56.8 Å². The molecule has 0 radical (unpaired) electrons. The second-order valence-corrected chi connectivity index (χ2v) is 9.06. The molecule has 0 spiro atoms. The van der Waals surface area contributed by atoms with E-state index < -0.39 is 11.9 Å². The van der Waals surface area contributed by atoms with Crippen LogP contribution in [-0.4, -0.2) is 35.4 Å². The number of nitrogens with one attached hydrogen (secondary N) is 1. The summed E-state index contributed by atoms with van der Waals surface area (Å²) in [4.78, 5) is 27.0. The van der Waals surface area contributed by atoms with Gasteiger partial charge in [0.25, 0.3) is 5.91 Å². The molecule has 9 heteroatoms. The van der Waals surface area contributed by atoms with Gasteiger partial charge < -0.3 is 15.0 Å². The van der Waals surface area contributed by atoms with E-state index in [9.17, 15) is 9.59 Å². The first-order valence-electron chi connectivity index (χ1n) is 9.20. The number of hydrogen-bond donors (Lipinski definition) is 1. The summed E-state index contributed by atoms with van der Waals surface area (Å²) in [5.74, 6) is -0.331. The van der Waals surface area contributed by atoms with E-state index in [1.54, 1.807) is 43.3 Å². The third-order valence-corrected chi connectivity index (χ3v) is 5.73. The highest BCUT2D eigenvalue weighted by molar-refractivity contribution is 9.10. The molecule has 0 aliphatic carbocycles. The second kappa shape index (κ2) is 11.2. The van der Waals surface area contributed by atoms with E-state index in [4.69, 9.17) is 39.5 Å². The summed E-state index contributed by atoms with van der Waals surface area (Å²) in [6, 6.07) is 9.32. The van der Waals surface area contributed by atoms with Crippen LogP contribution in [0, 0.1) is 0 Å². The van der Waals surface area contributed by atoms with Gasteiger partial charge in [0, 0.05) is 32.7 Å². The minimum Gasteiger partial charge on any atom is -0.482 e. The quantitative estimate of drug-likeness (QED) is 0.469. The highest BCUT2D eigenvalue weighted by Crippen LogP contribution is 2.29. The molecule has 30 heavy (non-hydrogen) atoms. The highest BCUT2D eigenvalue weighted by atomic mass is 79.9. The predicted octanol–water partition coefficient (Wildman–Crippen LogP) is 5.73. The molecule has 2 aromatic rings. The fourth-order valence-electron chi connectivity index (χ4n) is 2.66. The Kier molecular flexibility index (Phi) is 9.29. The van der Waals surface area contributed by atoms with E-state index in [-0.39, 0.29) is 25.1 Å². The molecule has 1 atom stereocenters. The number of ether oxygens (including phenoxy) is 1. The summed E-state index contributed by atoms with van der Waals surface area (Å²) < 4.78 is 6.39. The summed E-state index contributed by atoms with van der Waals surface area (Å²) in [7, 11) is 0. The standard InChI is InChI=1S/C21H22BrCl3N2O3/c1-12(2)26-21(29)13(3)27(10-15-16(23)5-4-6-17(15)24)20(28)11-30-19-8-7-14(22)9-18(19)25/h4-9,12-13H,10-11H2,1-3H3,(H,26,29). The van der Waals surface area contributed by atoms with Crippen LogP contribution < -0.4 is 10.1 Å². The van der Waals surface area contributed by atoms with Crippen molar-refractivity contribution >= 4 is 62.5 Å². The number of halogens is 4. The Morgan fingerprint density at radius 3 is 2.27 bits per heavy atom. The van der Waals surface area contributed by atoms with Gasteiger partial charge in [-0.2, -0.15) is 0 Å². The minimum absolute atomic E-state index is 0.0570. The lowest BCUT2D eigenvalue weighted by molar-refractivity contribution is -0.142. The van der Waals surface area contributed by atoms with Crippen molar-refractivity contribution < 1.29 is 14.3 Å². The molecule has 0 fully saturated rings. The van der Waals surface area contributed by atoms with Crippen LogP contribution in [0.4, 0.5) is 0 Å². The average Bonchev–Trinajstić information content (AvgIpc) is 2.66. The summed E-state index contributed by atoms with van der Waals surface area (Å²) in [6.45, 7) is 5.10. The molecule has 0 bridgehead atoms. The Labute approximate surface area is 199 Å². The van der Waals surface area contributed by atoms with Crippen molar-refractivity contribution in [2.45, 2.75) is 39.4 Å². The Morgan fingerprint density at radius 2 is 1.70 bits per heavy atom. The SMILES string of the molecule is CC(C)NC(=O)C(C)N(Cc1c(Cl)cccc1Cl)C(=O)COc1ccc(Br)cc1Cl. The maximum absolute atomic E-state index is 13.0. The molecule has 0 aliphatic heterocycles. The van der Waals surface area contributed by atoms with Crippen molar-refractivity contribution in [3.63, 3.8) is 0 Å². The van der Waals surface area contributed by atoms with Crippen LogP contribution in [0.25, 0.3) is 0 Å². The predicted molar refractivity (Wildman–Crippen MR) is 124 cm³/mol. The van der Waals surface area contributed by atoms with Gasteiger partial charge in [-0.05, 0) is 51.1 Å². The molecule has 1 N–H and O–H groups in total. The first kappa shape index (κ1) is 24.8. The van der Waals surface area contributed by atoms with Crippen molar-refractivity contribution in [3.05, 3.63) is 61.5 Å². The summed E-state index contributed by atoms with van der Waals surface area (Å²) in [5, 5.41) is 4.00. The lowest BCUT2D eigenvalue weighted by atomic mass is 10.1. The molecule has 0 aliphatic rings. The molecule has 2 aromatic carbocycles. The van der Waals surface area contributed by atoms with Gasteiger partial charge in [0.15, 0.2) is 6.61 Å². The average molecular weight is 537 g/mol. The lowest BCUT2D eigenvalue weighted by Gasteiger charge is -2.30. The number of benzene rings is 2. The van der Waals surface area contributed by atoms with Crippen molar-refractivity contribution in [2.75, 3.05) is 6.61 Å². The van der Waals surface area contributed by atoms with E-state index in [0.717, 1.165) is 4.47 Å². The summed E-state index contributed by atoms with van der Waals surface area (Å²) in [5.41, 5.74) is 0.556. The molecule has 0 aromatic heterocycles. The van der Waals surface area contributed by atoms with Gasteiger partial charge in [-0.3, -0.25) is 9.59 Å². The third-order valence-electron chi connectivity index (χ3n) is 4.23. The van der Waals surface area contributed by atoms with Crippen LogP contribution in [0.1, 0.15) is 26.3 Å². The molecule has 1 unspecified atom stereocenters. The van der Waals surface area contributed by atoms with Crippen LogP contribution in [0.2, 0.25) is 15.1 Å². The Balaban J connectivity index is 2.24. The molecule has 5 nitrogen and oxygen atoms in total. The van der Waals surface area contributed by atoms with Gasteiger partial charge in [0.05, 0.1) is 5.02 Å². The first-order chi connectivity index (χ1) is 14.1. The zero-order valence-corrected chi connectivity index (χ0v) is 20.6. The first-order valence-corrected chi connectivity index (χ1v) is 11.1. The third kappa shape index (κ3) is 6.77. The maximum atomic E-state index is 13.0. The van der Waals surface area contributed by atoms with Crippen LogP contribution in [0.5, 0.6) is 5.75 Å². The van der Waals surface area contributed by atoms with Crippen molar-refractivity contribution in [2.24, 2.45) is 0 Å². The monoisotopic (exact) mass is 534 g/mol. The van der Waals surface area contributed by atoms with E-state index in [1.807, 2.05) is 13.8 Å². The molecule has 0 saturated carbocycles. The highest BCUT2D eigenvalue weighted by Gasteiger charge is 2.28. The summed E-state index contributed by atoms with van der Waals surface area (Å²) >= 11 is 22.0. The van der Waals surface area contributed by atoms with E-state index in [0.29, 0.717) is 26.4 Å². The molecule has 0 saturated heterocycles. The fourth-order valence-corrected chi connectivity index (χ4v) is 3.90. The van der Waals surface area contributed by atoms with Crippen LogP contribution in [-0.2, 0) is 16.1 Å². The van der Waals surface area contributed by atoms with Gasteiger partial charge in [-0.15, -0.1) is 0 Å². The smallest absolute Gasteiger partial charge is 0.261 e. The fraction of sp³-hybridized carbons (Fsp3) is 0.333. The Hall–Kier alpha value is -1.47. The van der Waals surface area contributed by atoms with Gasteiger partial charge in [0.2, 0.25) is 5.91 Å². The number of amides is 2. The van der Waals surface area contributed by atoms with Crippen LogP contribution in [0.15, 0.2) is 40.9 Å². The number of nitrogens with zero attached hydrogens (tertiary/aromatic N) is 1. The van der Waals surface area contributed by atoms with Gasteiger partial charge in [0.1, 0.15) is 11.8 Å². The van der Waals surface area contributed by atoms with Crippen molar-refractivity contribution in [3.8, 4) is 5.75 Å². The molecule has 162 valence electrons. The number of rotatable bonds is 8. The molecular weight excluding hydrogens is 515 g/mol. The molecular formula is C21H22BrCl3N2O3. The summed E-state index contributed by atoms with van der Waals surface area (Å²) in [6.07, 6.45) is 0. The number of carbonyl (C=O) groups excluding carboxylic acids is 2. The minimum atomic E-state index is -0.767. The van der Waals surface area contributed by atoms with Gasteiger partial charge in [-0.25, -0.2) is 0 Å². The lowest BCUT2D eigenvalue weighted by Crippen LogP contribution is -2.50. The zero-order chi connectivity index (χ0) is 22.4. The van der Waals surface area contributed by atoms with Gasteiger partial charge >= 0.3 is 0 Å². The topological polar surface area (TPSA) is 58.6 Å². The Morgan fingerprint density at radius 1 is 1.07 bits per heavy atom. The van der Waals surface area contributed by atoms with Crippen molar-refractivity contribution in [1.82, 2.24) is 10.2 Å². The van der Waals surface area contributed by atoms with Crippen LogP contribution in [0.3, 0.4) is 0 Å².